The molecule has 2 aliphatic rings. The fourth-order valence-corrected chi connectivity index (χ4v) is 9.72. The summed E-state index contributed by atoms with van der Waals surface area (Å²) in [6.45, 7) is 4.92. The lowest BCUT2D eigenvalue weighted by Gasteiger charge is -2.50. The minimum Gasteiger partial charge on any atom is -0.208 e. The van der Waals surface area contributed by atoms with E-state index in [1.54, 1.807) is 0 Å². The quantitative estimate of drug-likeness (QED) is 0.165. The summed E-state index contributed by atoms with van der Waals surface area (Å²) >= 11 is 0. The highest BCUT2D eigenvalue weighted by atomic mass is 15.0. The first-order valence-electron chi connectivity index (χ1n) is 19.7. The summed E-state index contributed by atoms with van der Waals surface area (Å²) in [6, 6.07) is 55.2. The topological polar surface area (TPSA) is 62.5 Å². The molecule has 7 aromatic rings. The minimum absolute atomic E-state index is 0.282. The summed E-state index contributed by atoms with van der Waals surface area (Å²) in [4.78, 5) is 15.2. The van der Waals surface area contributed by atoms with Gasteiger partial charge in [-0.1, -0.05) is 129 Å². The van der Waals surface area contributed by atoms with Crippen LogP contribution in [0.5, 0.6) is 0 Å². The Kier molecular flexibility index (Phi) is 9.16. The van der Waals surface area contributed by atoms with Crippen molar-refractivity contribution in [3.8, 4) is 73.6 Å². The van der Waals surface area contributed by atoms with E-state index in [0.29, 0.717) is 23.0 Å². The van der Waals surface area contributed by atoms with Crippen molar-refractivity contribution in [3.63, 3.8) is 0 Å². The van der Waals surface area contributed by atoms with E-state index in [-0.39, 0.29) is 5.41 Å². The standard InChI is InChI=1S/C51H44N4/c1-34-24-37-25-35(2)31-51(30-34,32-37)47-22-20-39(21-23-47)44-27-45(43-15-9-14-42(26-43)38-18-16-36(33-52)17-19-38)29-46(28-44)50-54-48(40-10-5-3-6-11-40)53-49(55-50)41-12-7-4-8-13-41/h3-23,26-29,34-35,37H,24-25,30-32H2,1-2H3/t34-,35+,37?,51?. The molecule has 2 saturated carbocycles. The van der Waals surface area contributed by atoms with Crippen molar-refractivity contribution in [3.05, 3.63) is 163 Å². The van der Waals surface area contributed by atoms with Crippen LogP contribution in [0.4, 0.5) is 0 Å². The zero-order valence-electron chi connectivity index (χ0n) is 31.5. The number of aromatic nitrogens is 3. The van der Waals surface area contributed by atoms with Crippen LogP contribution < -0.4 is 0 Å². The van der Waals surface area contributed by atoms with Gasteiger partial charge in [-0.25, -0.2) is 15.0 Å². The number of rotatable bonds is 7. The Bertz CT molecular complexity index is 2420. The highest BCUT2D eigenvalue weighted by Gasteiger charge is 2.45. The lowest BCUT2D eigenvalue weighted by atomic mass is 9.54. The van der Waals surface area contributed by atoms with E-state index < -0.39 is 0 Å². The summed E-state index contributed by atoms with van der Waals surface area (Å²) in [5.74, 6) is 4.30. The number of fused-ring (bicyclic) bond motifs is 2. The van der Waals surface area contributed by atoms with E-state index in [0.717, 1.165) is 62.3 Å². The molecule has 268 valence electrons. The lowest BCUT2D eigenvalue weighted by molar-refractivity contribution is 0.0780. The van der Waals surface area contributed by atoms with E-state index in [2.05, 4.69) is 86.6 Å². The molecule has 1 aromatic heterocycles. The van der Waals surface area contributed by atoms with E-state index in [9.17, 15) is 5.26 Å². The van der Waals surface area contributed by atoms with Gasteiger partial charge >= 0.3 is 0 Å². The van der Waals surface area contributed by atoms with Crippen molar-refractivity contribution in [2.75, 3.05) is 0 Å². The van der Waals surface area contributed by atoms with Gasteiger partial charge in [-0.3, -0.25) is 0 Å². The molecule has 1 heterocycles. The number of nitriles is 1. The first-order valence-corrected chi connectivity index (χ1v) is 19.7. The van der Waals surface area contributed by atoms with Crippen molar-refractivity contribution >= 4 is 0 Å². The summed E-state index contributed by atoms with van der Waals surface area (Å²) in [5.41, 5.74) is 11.9. The van der Waals surface area contributed by atoms with E-state index in [1.165, 1.54) is 43.2 Å². The molecule has 2 fully saturated rings. The van der Waals surface area contributed by atoms with Crippen molar-refractivity contribution in [1.82, 2.24) is 15.0 Å². The largest absolute Gasteiger partial charge is 0.208 e. The van der Waals surface area contributed by atoms with Gasteiger partial charge in [0.1, 0.15) is 0 Å². The predicted octanol–water partition coefficient (Wildman–Crippen LogP) is 12.8. The smallest absolute Gasteiger partial charge is 0.164 e. The second kappa shape index (κ2) is 14.6. The van der Waals surface area contributed by atoms with Crippen LogP contribution in [0, 0.1) is 29.1 Å². The van der Waals surface area contributed by atoms with Crippen LogP contribution in [0.2, 0.25) is 0 Å². The highest BCUT2D eigenvalue weighted by Crippen LogP contribution is 2.54. The molecule has 2 unspecified atom stereocenters. The maximum Gasteiger partial charge on any atom is 0.164 e. The molecule has 4 heteroatoms. The fraction of sp³-hybridized carbons (Fsp3) is 0.216. The molecular formula is C51H44N4. The molecule has 2 aliphatic carbocycles. The molecule has 4 nitrogen and oxygen atoms in total. The molecule has 6 aromatic carbocycles. The van der Waals surface area contributed by atoms with Gasteiger partial charge in [0.05, 0.1) is 11.6 Å². The third kappa shape index (κ3) is 7.11. The van der Waals surface area contributed by atoms with Crippen LogP contribution in [0.15, 0.2) is 152 Å². The Balaban J connectivity index is 1.18. The molecule has 0 spiro atoms. The van der Waals surface area contributed by atoms with Crippen molar-refractivity contribution in [2.45, 2.75) is 51.4 Å². The normalized spacial score (nSPS) is 20.4. The van der Waals surface area contributed by atoms with Crippen LogP contribution in [-0.2, 0) is 5.41 Å². The van der Waals surface area contributed by atoms with Crippen LogP contribution >= 0.6 is 0 Å². The van der Waals surface area contributed by atoms with Crippen molar-refractivity contribution in [1.29, 1.82) is 5.26 Å². The molecule has 2 bridgehead atoms. The summed E-state index contributed by atoms with van der Waals surface area (Å²) in [5, 5.41) is 9.37. The van der Waals surface area contributed by atoms with Crippen LogP contribution in [0.25, 0.3) is 67.5 Å². The molecule has 9 rings (SSSR count). The van der Waals surface area contributed by atoms with Gasteiger partial charge in [-0.05, 0) is 131 Å². The molecule has 0 amide bonds. The predicted molar refractivity (Wildman–Crippen MR) is 224 cm³/mol. The van der Waals surface area contributed by atoms with E-state index >= 15 is 0 Å². The summed E-state index contributed by atoms with van der Waals surface area (Å²) < 4.78 is 0. The van der Waals surface area contributed by atoms with Gasteiger partial charge in [-0.2, -0.15) is 5.26 Å². The Labute approximate surface area is 324 Å². The van der Waals surface area contributed by atoms with Crippen LogP contribution in [0.1, 0.15) is 57.1 Å². The SMILES string of the molecule is C[C@@H]1CC2C[C@H](C)CC(c3ccc(-c4cc(-c5cccc(-c6ccc(C#N)cc6)c5)cc(-c5nc(-c6ccccc6)nc(-c6ccccc6)n5)c4)cc3)(C2)C1. The van der Waals surface area contributed by atoms with Crippen LogP contribution in [0.3, 0.4) is 0 Å². The number of hydrogen-bond acceptors (Lipinski definition) is 4. The Morgan fingerprint density at radius 3 is 1.45 bits per heavy atom. The Hall–Kier alpha value is -6.18. The monoisotopic (exact) mass is 712 g/mol. The number of hydrogen-bond donors (Lipinski definition) is 0. The van der Waals surface area contributed by atoms with Crippen molar-refractivity contribution < 1.29 is 0 Å². The summed E-state index contributed by atoms with van der Waals surface area (Å²) in [6.07, 6.45) is 6.65. The molecule has 0 radical (unpaired) electrons. The van der Waals surface area contributed by atoms with E-state index in [1.807, 2.05) is 84.9 Å². The first-order chi connectivity index (χ1) is 26.9. The second-order valence-corrected chi connectivity index (χ2v) is 16.1. The van der Waals surface area contributed by atoms with Gasteiger partial charge in [0.2, 0.25) is 0 Å². The highest BCUT2D eigenvalue weighted by molar-refractivity contribution is 5.82. The Morgan fingerprint density at radius 1 is 0.455 bits per heavy atom. The molecule has 0 saturated heterocycles. The maximum atomic E-state index is 9.37. The number of nitrogens with zero attached hydrogens (tertiary/aromatic N) is 4. The van der Waals surface area contributed by atoms with Gasteiger partial charge in [0, 0.05) is 16.7 Å². The average Bonchev–Trinajstić information content (AvgIpc) is 3.23. The molecule has 0 N–H and O–H groups in total. The van der Waals surface area contributed by atoms with Crippen molar-refractivity contribution in [2.24, 2.45) is 17.8 Å². The minimum atomic E-state index is 0.282. The molecular weight excluding hydrogens is 669 g/mol. The second-order valence-electron chi connectivity index (χ2n) is 16.1. The third-order valence-corrected chi connectivity index (χ3v) is 11.9. The zero-order valence-corrected chi connectivity index (χ0v) is 31.5. The lowest BCUT2D eigenvalue weighted by Crippen LogP contribution is -2.42. The van der Waals surface area contributed by atoms with Crippen LogP contribution in [-0.4, -0.2) is 15.0 Å². The molecule has 55 heavy (non-hydrogen) atoms. The summed E-state index contributed by atoms with van der Waals surface area (Å²) in [7, 11) is 0. The maximum absolute atomic E-state index is 9.37. The van der Waals surface area contributed by atoms with E-state index in [4.69, 9.17) is 15.0 Å². The van der Waals surface area contributed by atoms with Gasteiger partial charge in [0.15, 0.2) is 17.5 Å². The zero-order chi connectivity index (χ0) is 37.4. The Morgan fingerprint density at radius 2 is 0.891 bits per heavy atom. The third-order valence-electron chi connectivity index (χ3n) is 11.9. The first kappa shape index (κ1) is 34.6. The molecule has 4 atom stereocenters. The van der Waals surface area contributed by atoms with Gasteiger partial charge < -0.3 is 0 Å². The fourth-order valence-electron chi connectivity index (χ4n) is 9.72. The number of benzene rings is 6. The average molecular weight is 713 g/mol. The van der Waals surface area contributed by atoms with Gasteiger partial charge in [0.25, 0.3) is 0 Å². The van der Waals surface area contributed by atoms with Gasteiger partial charge in [-0.15, -0.1) is 0 Å². The molecule has 0 aliphatic heterocycles.